The summed E-state index contributed by atoms with van der Waals surface area (Å²) in [5, 5.41) is 19.4. The summed E-state index contributed by atoms with van der Waals surface area (Å²) in [6, 6.07) is 0.562. The van der Waals surface area contributed by atoms with Crippen LogP contribution < -0.4 is 0 Å². The minimum Gasteiger partial charge on any atom is -0.501 e. The molecule has 0 atom stereocenters. The SMILES string of the molecule is Cc1nc(C(F)F)cc([N+](=O)[O-])c1O. The van der Waals surface area contributed by atoms with Gasteiger partial charge in [-0.2, -0.15) is 0 Å². The molecule has 5 nitrogen and oxygen atoms in total. The highest BCUT2D eigenvalue weighted by Gasteiger charge is 2.21. The molecule has 1 rings (SSSR count). The molecule has 1 heterocycles. The molecule has 1 aromatic heterocycles. The largest absolute Gasteiger partial charge is 0.501 e. The van der Waals surface area contributed by atoms with Gasteiger partial charge in [0.25, 0.3) is 6.43 Å². The van der Waals surface area contributed by atoms with Crippen molar-refractivity contribution in [2.24, 2.45) is 0 Å². The van der Waals surface area contributed by atoms with Crippen molar-refractivity contribution in [3.63, 3.8) is 0 Å². The van der Waals surface area contributed by atoms with E-state index < -0.39 is 28.5 Å². The van der Waals surface area contributed by atoms with Gasteiger partial charge in [0.15, 0.2) is 0 Å². The Balaban J connectivity index is 3.35. The Morgan fingerprint density at radius 1 is 1.64 bits per heavy atom. The second-order valence-electron chi connectivity index (χ2n) is 2.56. The third kappa shape index (κ3) is 1.76. The Morgan fingerprint density at radius 3 is 2.64 bits per heavy atom. The van der Waals surface area contributed by atoms with Crippen LogP contribution in [0.1, 0.15) is 17.8 Å². The van der Waals surface area contributed by atoms with Crippen molar-refractivity contribution >= 4 is 5.69 Å². The molecule has 0 bridgehead atoms. The molecule has 14 heavy (non-hydrogen) atoms. The molecule has 0 unspecified atom stereocenters. The summed E-state index contributed by atoms with van der Waals surface area (Å²) in [5.41, 5.74) is -1.66. The smallest absolute Gasteiger partial charge is 0.314 e. The third-order valence-corrected chi connectivity index (χ3v) is 1.59. The fourth-order valence-corrected chi connectivity index (χ4v) is 0.924. The molecule has 1 N–H and O–H groups in total. The van der Waals surface area contributed by atoms with Crippen LogP contribution in [0.5, 0.6) is 5.75 Å². The topological polar surface area (TPSA) is 76.3 Å². The first-order valence-corrected chi connectivity index (χ1v) is 3.56. The Hall–Kier alpha value is -1.79. The monoisotopic (exact) mass is 204 g/mol. The lowest BCUT2D eigenvalue weighted by Gasteiger charge is -2.03. The first-order valence-electron chi connectivity index (χ1n) is 3.56. The Labute approximate surface area is 77.2 Å². The zero-order valence-electron chi connectivity index (χ0n) is 7.07. The number of halogens is 2. The highest BCUT2D eigenvalue weighted by atomic mass is 19.3. The summed E-state index contributed by atoms with van der Waals surface area (Å²) in [5.74, 6) is -0.681. The molecule has 0 aromatic carbocycles. The first-order chi connectivity index (χ1) is 6.43. The van der Waals surface area contributed by atoms with E-state index in [0.29, 0.717) is 6.07 Å². The van der Waals surface area contributed by atoms with Crippen molar-refractivity contribution in [1.29, 1.82) is 0 Å². The average Bonchev–Trinajstić information content (AvgIpc) is 2.08. The second-order valence-corrected chi connectivity index (χ2v) is 2.56. The highest BCUT2D eigenvalue weighted by Crippen LogP contribution is 2.31. The standard InChI is InChI=1S/C7H6F2N2O3/c1-3-6(12)5(11(13)14)2-4(10-3)7(8)9/h2,7,12H,1H3. The first kappa shape index (κ1) is 10.3. The molecule has 0 aliphatic carbocycles. The van der Waals surface area contributed by atoms with Crippen molar-refractivity contribution in [1.82, 2.24) is 4.98 Å². The maximum absolute atomic E-state index is 12.2. The number of rotatable bonds is 2. The van der Waals surface area contributed by atoms with E-state index in [2.05, 4.69) is 4.98 Å². The van der Waals surface area contributed by atoms with Crippen LogP contribution in [-0.2, 0) is 0 Å². The fraction of sp³-hybridized carbons (Fsp3) is 0.286. The summed E-state index contributed by atoms with van der Waals surface area (Å²) >= 11 is 0. The quantitative estimate of drug-likeness (QED) is 0.589. The minimum absolute atomic E-state index is 0.186. The van der Waals surface area contributed by atoms with Gasteiger partial charge in [-0.3, -0.25) is 10.1 Å². The van der Waals surface area contributed by atoms with Crippen molar-refractivity contribution in [2.45, 2.75) is 13.3 Å². The lowest BCUT2D eigenvalue weighted by molar-refractivity contribution is -0.386. The van der Waals surface area contributed by atoms with E-state index in [1.54, 1.807) is 0 Å². The number of hydrogen-bond donors (Lipinski definition) is 1. The van der Waals surface area contributed by atoms with Gasteiger partial charge >= 0.3 is 5.69 Å². The normalized spacial score (nSPS) is 10.6. The predicted octanol–water partition coefficient (Wildman–Crippen LogP) is 1.94. The molecular weight excluding hydrogens is 198 g/mol. The molecule has 76 valence electrons. The van der Waals surface area contributed by atoms with E-state index in [-0.39, 0.29) is 5.69 Å². The number of aryl methyl sites for hydroxylation is 1. The number of aromatic nitrogens is 1. The van der Waals surface area contributed by atoms with Crippen LogP contribution >= 0.6 is 0 Å². The van der Waals surface area contributed by atoms with Crippen molar-refractivity contribution in [2.75, 3.05) is 0 Å². The molecule has 0 aliphatic heterocycles. The van der Waals surface area contributed by atoms with Crippen LogP contribution in [0.4, 0.5) is 14.5 Å². The van der Waals surface area contributed by atoms with Gasteiger partial charge in [0, 0.05) is 6.07 Å². The molecule has 0 radical (unpaired) electrons. The fourth-order valence-electron chi connectivity index (χ4n) is 0.924. The number of nitro groups is 1. The van der Waals surface area contributed by atoms with Crippen LogP contribution in [0.15, 0.2) is 6.07 Å². The molecular formula is C7H6F2N2O3. The Morgan fingerprint density at radius 2 is 2.21 bits per heavy atom. The highest BCUT2D eigenvalue weighted by molar-refractivity contribution is 5.48. The summed E-state index contributed by atoms with van der Waals surface area (Å²) < 4.78 is 24.3. The molecule has 0 fully saturated rings. The van der Waals surface area contributed by atoms with Crippen molar-refractivity contribution in [3.8, 4) is 5.75 Å². The van der Waals surface area contributed by atoms with E-state index >= 15 is 0 Å². The predicted molar refractivity (Wildman–Crippen MR) is 42.3 cm³/mol. The van der Waals surface area contributed by atoms with Crippen LogP contribution in [0, 0.1) is 17.0 Å². The molecule has 0 saturated carbocycles. The van der Waals surface area contributed by atoms with Gasteiger partial charge < -0.3 is 5.11 Å². The minimum atomic E-state index is -2.90. The Kier molecular flexibility index (Phi) is 2.59. The average molecular weight is 204 g/mol. The van der Waals surface area contributed by atoms with Gasteiger partial charge in [-0.25, -0.2) is 13.8 Å². The van der Waals surface area contributed by atoms with Crippen LogP contribution in [-0.4, -0.2) is 15.0 Å². The zero-order chi connectivity index (χ0) is 10.9. The number of alkyl halides is 2. The molecule has 0 aliphatic rings. The van der Waals surface area contributed by atoms with E-state index in [1.807, 2.05) is 0 Å². The number of nitrogens with zero attached hydrogens (tertiary/aromatic N) is 2. The summed E-state index contributed by atoms with van der Waals surface area (Å²) in [4.78, 5) is 12.7. The summed E-state index contributed by atoms with van der Waals surface area (Å²) in [7, 11) is 0. The van der Waals surface area contributed by atoms with Gasteiger partial charge in [-0.1, -0.05) is 0 Å². The maximum Gasteiger partial charge on any atom is 0.314 e. The van der Waals surface area contributed by atoms with Gasteiger partial charge in [-0.05, 0) is 6.92 Å². The van der Waals surface area contributed by atoms with E-state index in [1.165, 1.54) is 6.92 Å². The third-order valence-electron chi connectivity index (χ3n) is 1.59. The van der Waals surface area contributed by atoms with Gasteiger partial charge in [0.05, 0.1) is 10.6 Å². The lowest BCUT2D eigenvalue weighted by Crippen LogP contribution is -1.98. The van der Waals surface area contributed by atoms with Gasteiger partial charge in [-0.15, -0.1) is 0 Å². The zero-order valence-corrected chi connectivity index (χ0v) is 7.07. The number of pyridine rings is 1. The Bertz CT molecular complexity index is 381. The van der Waals surface area contributed by atoms with Crippen LogP contribution in [0.25, 0.3) is 0 Å². The van der Waals surface area contributed by atoms with Crippen LogP contribution in [0.3, 0.4) is 0 Å². The maximum atomic E-state index is 12.2. The van der Waals surface area contributed by atoms with Crippen LogP contribution in [0.2, 0.25) is 0 Å². The van der Waals surface area contributed by atoms with E-state index in [4.69, 9.17) is 5.11 Å². The number of hydrogen-bond acceptors (Lipinski definition) is 4. The number of aromatic hydroxyl groups is 1. The van der Waals surface area contributed by atoms with E-state index in [0.717, 1.165) is 0 Å². The second kappa shape index (κ2) is 3.52. The lowest BCUT2D eigenvalue weighted by atomic mass is 10.2. The van der Waals surface area contributed by atoms with Crippen molar-refractivity contribution < 1.29 is 18.8 Å². The molecule has 0 spiro atoms. The molecule has 7 heteroatoms. The summed E-state index contributed by atoms with van der Waals surface area (Å²) in [6.07, 6.45) is -2.90. The van der Waals surface area contributed by atoms with Crippen molar-refractivity contribution in [3.05, 3.63) is 27.6 Å². The molecule has 0 saturated heterocycles. The van der Waals surface area contributed by atoms with Gasteiger partial charge in [0.2, 0.25) is 5.75 Å². The molecule has 0 amide bonds. The summed E-state index contributed by atoms with van der Waals surface area (Å²) in [6.45, 7) is 1.22. The molecule has 1 aromatic rings. The van der Waals surface area contributed by atoms with Gasteiger partial charge in [0.1, 0.15) is 5.69 Å². The van der Waals surface area contributed by atoms with E-state index in [9.17, 15) is 18.9 Å².